The summed E-state index contributed by atoms with van der Waals surface area (Å²) in [5, 5.41) is 14.7. The smallest absolute Gasteiger partial charge is 0.308 e. The van der Waals surface area contributed by atoms with E-state index >= 15 is 0 Å². The molecule has 1 fully saturated rings. The summed E-state index contributed by atoms with van der Waals surface area (Å²) in [7, 11) is 0. The van der Waals surface area contributed by atoms with Crippen LogP contribution in [0, 0.1) is 5.92 Å². The third-order valence-electron chi connectivity index (χ3n) is 5.34. The molecule has 1 aliphatic heterocycles. The highest BCUT2D eigenvalue weighted by atomic mass is 79.9. The van der Waals surface area contributed by atoms with E-state index in [2.05, 4.69) is 32.1 Å². The van der Waals surface area contributed by atoms with Crippen molar-refractivity contribution in [2.45, 2.75) is 6.42 Å². The van der Waals surface area contributed by atoms with Gasteiger partial charge in [0.1, 0.15) is 16.1 Å². The van der Waals surface area contributed by atoms with Gasteiger partial charge in [-0.1, -0.05) is 18.2 Å². The van der Waals surface area contributed by atoms with Crippen molar-refractivity contribution < 1.29 is 9.90 Å². The van der Waals surface area contributed by atoms with Crippen LogP contribution in [0.1, 0.15) is 6.42 Å². The third kappa shape index (κ3) is 2.89. The normalized spacial score (nSPS) is 16.7. The zero-order valence-electron chi connectivity index (χ0n) is 15.3. The van der Waals surface area contributed by atoms with Gasteiger partial charge >= 0.3 is 5.97 Å². The van der Waals surface area contributed by atoms with Crippen LogP contribution in [0.25, 0.3) is 27.7 Å². The SMILES string of the molecule is Nc1c(Br)c(N2CCC(C(=O)O)C2)nc2c(-c3cnc4ccccc4c3)cnn12. The number of carboxylic acids is 1. The highest BCUT2D eigenvalue weighted by Gasteiger charge is 2.31. The number of aliphatic carboxylic acids is 1. The molecule has 3 aromatic heterocycles. The molecule has 8 nitrogen and oxygen atoms in total. The minimum absolute atomic E-state index is 0.400. The molecule has 1 saturated heterocycles. The number of anilines is 2. The molecule has 29 heavy (non-hydrogen) atoms. The Morgan fingerprint density at radius 2 is 2.10 bits per heavy atom. The van der Waals surface area contributed by atoms with E-state index in [4.69, 9.17) is 10.7 Å². The molecule has 0 aliphatic carbocycles. The Labute approximate surface area is 174 Å². The summed E-state index contributed by atoms with van der Waals surface area (Å²) in [4.78, 5) is 22.6. The van der Waals surface area contributed by atoms with E-state index in [1.165, 1.54) is 0 Å². The lowest BCUT2D eigenvalue weighted by molar-refractivity contribution is -0.140. The van der Waals surface area contributed by atoms with E-state index in [-0.39, 0.29) is 0 Å². The predicted molar refractivity (Wildman–Crippen MR) is 114 cm³/mol. The number of pyridine rings is 1. The van der Waals surface area contributed by atoms with Gasteiger partial charge in [0.2, 0.25) is 0 Å². The molecule has 1 atom stereocenters. The topological polar surface area (TPSA) is 110 Å². The number of hydrogen-bond acceptors (Lipinski definition) is 6. The minimum atomic E-state index is -0.787. The molecule has 1 aliphatic rings. The molecule has 5 rings (SSSR count). The lowest BCUT2D eigenvalue weighted by Crippen LogP contribution is -2.24. The number of nitrogens with two attached hydrogens (primary N) is 1. The van der Waals surface area contributed by atoms with Gasteiger partial charge in [-0.2, -0.15) is 9.61 Å². The van der Waals surface area contributed by atoms with Crippen LogP contribution in [-0.4, -0.2) is 43.7 Å². The summed E-state index contributed by atoms with van der Waals surface area (Å²) >= 11 is 3.52. The molecule has 1 unspecified atom stereocenters. The molecular formula is C20H17BrN6O2. The molecule has 0 bridgehead atoms. The minimum Gasteiger partial charge on any atom is -0.481 e. The van der Waals surface area contributed by atoms with Gasteiger partial charge in [0.25, 0.3) is 0 Å². The van der Waals surface area contributed by atoms with Gasteiger partial charge in [-0.25, -0.2) is 4.98 Å². The first-order valence-electron chi connectivity index (χ1n) is 9.18. The van der Waals surface area contributed by atoms with Gasteiger partial charge in [-0.15, -0.1) is 0 Å². The van der Waals surface area contributed by atoms with Crippen molar-refractivity contribution >= 4 is 50.1 Å². The van der Waals surface area contributed by atoms with Crippen LogP contribution >= 0.6 is 15.9 Å². The zero-order valence-corrected chi connectivity index (χ0v) is 16.9. The largest absolute Gasteiger partial charge is 0.481 e. The summed E-state index contributed by atoms with van der Waals surface area (Å²) in [6, 6.07) is 9.96. The van der Waals surface area contributed by atoms with Gasteiger partial charge in [-0.3, -0.25) is 9.78 Å². The molecule has 4 aromatic rings. The molecule has 4 heterocycles. The average molecular weight is 453 g/mol. The third-order valence-corrected chi connectivity index (χ3v) is 6.10. The maximum atomic E-state index is 11.3. The first kappa shape index (κ1) is 17.9. The highest BCUT2D eigenvalue weighted by Crippen LogP contribution is 2.36. The van der Waals surface area contributed by atoms with Crippen molar-refractivity contribution in [2.24, 2.45) is 5.92 Å². The van der Waals surface area contributed by atoms with Gasteiger partial charge in [0.15, 0.2) is 5.65 Å². The Hall–Kier alpha value is -3.20. The van der Waals surface area contributed by atoms with Crippen LogP contribution < -0.4 is 10.6 Å². The Kier molecular flexibility index (Phi) is 4.13. The number of aromatic nitrogens is 4. The van der Waals surface area contributed by atoms with Crippen LogP contribution in [0.15, 0.2) is 47.2 Å². The second kappa shape index (κ2) is 6.70. The predicted octanol–water partition coefficient (Wildman–Crippen LogP) is 3.20. The lowest BCUT2D eigenvalue weighted by Gasteiger charge is -2.20. The number of para-hydroxylation sites is 1. The Balaban J connectivity index is 1.64. The van der Waals surface area contributed by atoms with Crippen molar-refractivity contribution in [1.82, 2.24) is 19.6 Å². The van der Waals surface area contributed by atoms with Crippen LogP contribution in [0.5, 0.6) is 0 Å². The fourth-order valence-electron chi connectivity index (χ4n) is 3.77. The Morgan fingerprint density at radius 3 is 2.90 bits per heavy atom. The maximum Gasteiger partial charge on any atom is 0.308 e. The second-order valence-electron chi connectivity index (χ2n) is 7.11. The molecule has 0 amide bonds. The van der Waals surface area contributed by atoms with Crippen molar-refractivity contribution in [2.75, 3.05) is 23.7 Å². The number of benzene rings is 1. The number of fused-ring (bicyclic) bond motifs is 2. The van der Waals surface area contributed by atoms with E-state index in [0.29, 0.717) is 41.3 Å². The van der Waals surface area contributed by atoms with E-state index < -0.39 is 11.9 Å². The summed E-state index contributed by atoms with van der Waals surface area (Å²) in [6.07, 6.45) is 4.11. The first-order valence-corrected chi connectivity index (χ1v) is 9.98. The monoisotopic (exact) mass is 452 g/mol. The lowest BCUT2D eigenvalue weighted by atomic mass is 10.1. The second-order valence-corrected chi connectivity index (χ2v) is 7.91. The van der Waals surface area contributed by atoms with E-state index in [9.17, 15) is 9.90 Å². The van der Waals surface area contributed by atoms with E-state index in [0.717, 1.165) is 22.0 Å². The van der Waals surface area contributed by atoms with Crippen molar-refractivity contribution in [3.05, 3.63) is 47.2 Å². The number of rotatable bonds is 3. The number of carboxylic acid groups (broad SMARTS) is 1. The van der Waals surface area contributed by atoms with Crippen LogP contribution in [-0.2, 0) is 4.79 Å². The molecule has 0 spiro atoms. The summed E-state index contributed by atoms with van der Waals surface area (Å²) in [5.41, 5.74) is 9.55. The molecular weight excluding hydrogens is 436 g/mol. The molecule has 3 N–H and O–H groups in total. The fraction of sp³-hybridized carbons (Fsp3) is 0.200. The van der Waals surface area contributed by atoms with Crippen molar-refractivity contribution in [1.29, 1.82) is 0 Å². The zero-order chi connectivity index (χ0) is 20.1. The molecule has 0 radical (unpaired) electrons. The van der Waals surface area contributed by atoms with Gasteiger partial charge in [0.05, 0.1) is 17.6 Å². The van der Waals surface area contributed by atoms with Crippen molar-refractivity contribution in [3.63, 3.8) is 0 Å². The van der Waals surface area contributed by atoms with E-state index in [1.807, 2.05) is 29.2 Å². The van der Waals surface area contributed by atoms with Gasteiger partial charge in [0, 0.05) is 35.8 Å². The quantitative estimate of drug-likeness (QED) is 0.490. The highest BCUT2D eigenvalue weighted by molar-refractivity contribution is 9.10. The van der Waals surface area contributed by atoms with Crippen molar-refractivity contribution in [3.8, 4) is 11.1 Å². The van der Waals surface area contributed by atoms with Gasteiger partial charge < -0.3 is 15.7 Å². The first-order chi connectivity index (χ1) is 14.0. The molecule has 1 aromatic carbocycles. The Morgan fingerprint density at radius 1 is 1.28 bits per heavy atom. The summed E-state index contributed by atoms with van der Waals surface area (Å²) in [5.74, 6) is -0.141. The maximum absolute atomic E-state index is 11.3. The number of nitrogens with zero attached hydrogens (tertiary/aromatic N) is 5. The molecule has 146 valence electrons. The Bertz CT molecular complexity index is 1270. The average Bonchev–Trinajstić information content (AvgIpc) is 3.38. The van der Waals surface area contributed by atoms with Crippen LogP contribution in [0.4, 0.5) is 11.6 Å². The van der Waals surface area contributed by atoms with E-state index in [1.54, 1.807) is 16.9 Å². The van der Waals surface area contributed by atoms with Gasteiger partial charge in [-0.05, 0) is 34.5 Å². The number of halogens is 1. The molecule has 0 saturated carbocycles. The standard InChI is InChI=1S/C20H17BrN6O2/c21-16-17(22)27-18(25-19(16)26-6-5-12(10-26)20(28)29)14(9-24-27)13-7-11-3-1-2-4-15(11)23-8-13/h1-4,7-9,12H,5-6,10,22H2,(H,28,29). The van der Waals surface area contributed by atoms with Crippen LogP contribution in [0.3, 0.4) is 0 Å². The summed E-state index contributed by atoms with van der Waals surface area (Å²) in [6.45, 7) is 1.01. The number of hydrogen-bond donors (Lipinski definition) is 2. The number of nitrogen functional groups attached to an aromatic ring is 1. The van der Waals surface area contributed by atoms with Crippen LogP contribution in [0.2, 0.25) is 0 Å². The summed E-state index contributed by atoms with van der Waals surface area (Å²) < 4.78 is 2.20. The number of carbonyl (C=O) groups is 1. The fourth-order valence-corrected chi connectivity index (χ4v) is 4.28. The molecule has 9 heteroatoms.